The van der Waals surface area contributed by atoms with E-state index in [1.165, 1.54) is 24.3 Å². The van der Waals surface area contributed by atoms with Crippen LogP contribution in [0.25, 0.3) is 32.7 Å². The summed E-state index contributed by atoms with van der Waals surface area (Å²) in [6.45, 7) is 0. The van der Waals surface area contributed by atoms with Crippen LogP contribution >= 0.6 is 0 Å². The van der Waals surface area contributed by atoms with E-state index in [0.717, 1.165) is 10.8 Å². The fraction of sp³-hybridized carbons (Fsp3) is 0. The largest absolute Gasteiger partial charge is 0.508 e. The first-order chi connectivity index (χ1) is 10.1. The van der Waals surface area contributed by atoms with Crippen molar-refractivity contribution >= 4 is 32.7 Å². The van der Waals surface area contributed by atoms with Crippen molar-refractivity contribution < 1.29 is 14.6 Å². The number of hydrogen-bond donors (Lipinski definition) is 2. The molecule has 0 saturated heterocycles. The molecule has 1 aromatic heterocycles. The van der Waals surface area contributed by atoms with Crippen molar-refractivity contribution in [2.75, 3.05) is 0 Å². The van der Waals surface area contributed by atoms with Crippen LogP contribution in [0.5, 0.6) is 11.5 Å². The van der Waals surface area contributed by atoms with Gasteiger partial charge in [0, 0.05) is 6.07 Å². The Labute approximate surface area is 118 Å². The lowest BCUT2D eigenvalue weighted by molar-refractivity contribution is 0.473. The second-order valence-corrected chi connectivity index (χ2v) is 4.99. The number of hydrogen-bond acceptors (Lipinski definition) is 4. The lowest BCUT2D eigenvalue weighted by Gasteiger charge is -2.07. The molecule has 0 bridgehead atoms. The first-order valence-corrected chi connectivity index (χ1v) is 6.44. The number of rotatable bonds is 0. The van der Waals surface area contributed by atoms with Crippen molar-refractivity contribution in [3.8, 4) is 11.5 Å². The molecule has 21 heavy (non-hydrogen) atoms. The Bertz CT molecular complexity index is 1080. The van der Waals surface area contributed by atoms with Crippen LogP contribution in [0.2, 0.25) is 0 Å². The Morgan fingerprint density at radius 2 is 1.57 bits per heavy atom. The smallest absolute Gasteiger partial charge is 0.179 e. The normalized spacial score (nSPS) is 11.4. The molecule has 1 heterocycles. The number of benzene rings is 3. The molecule has 0 aliphatic heterocycles. The predicted molar refractivity (Wildman–Crippen MR) is 80.8 cm³/mol. The van der Waals surface area contributed by atoms with Crippen LogP contribution < -0.4 is 5.43 Å². The van der Waals surface area contributed by atoms with Crippen molar-refractivity contribution in [1.29, 1.82) is 0 Å². The van der Waals surface area contributed by atoms with E-state index in [2.05, 4.69) is 0 Å². The summed E-state index contributed by atoms with van der Waals surface area (Å²) >= 11 is 0. The minimum atomic E-state index is -0.0792. The van der Waals surface area contributed by atoms with Gasteiger partial charge >= 0.3 is 0 Å². The molecule has 0 spiro atoms. The fourth-order valence-electron chi connectivity index (χ4n) is 2.58. The van der Waals surface area contributed by atoms with Gasteiger partial charge in [-0.1, -0.05) is 6.07 Å². The molecule has 4 rings (SSSR count). The van der Waals surface area contributed by atoms with Gasteiger partial charge in [-0.25, -0.2) is 0 Å². The van der Waals surface area contributed by atoms with E-state index < -0.39 is 0 Å². The van der Waals surface area contributed by atoms with Crippen LogP contribution in [0, 0.1) is 0 Å². The molecule has 0 aliphatic rings. The molecule has 0 aliphatic carbocycles. The van der Waals surface area contributed by atoms with Gasteiger partial charge in [0.15, 0.2) is 5.43 Å². The number of phenols is 1. The van der Waals surface area contributed by atoms with Crippen LogP contribution in [0.3, 0.4) is 0 Å². The first kappa shape index (κ1) is 11.8. The summed E-state index contributed by atoms with van der Waals surface area (Å²) in [6.07, 6.45) is 0. The third kappa shape index (κ3) is 1.73. The third-order valence-electron chi connectivity index (χ3n) is 3.61. The topological polar surface area (TPSA) is 70.7 Å². The average molecular weight is 278 g/mol. The molecular formula is C17H10O4. The number of phenolic OH excluding ortho intramolecular Hbond substituents is 1. The standard InChI is InChI=1S/C17H10O4/c18-11-2-1-9-6-14-15(7-10(9)5-11)21-16-8-12(19)3-4-13(16)17(14)20/h1-8,19-20H. The van der Waals surface area contributed by atoms with Gasteiger partial charge in [-0.05, 0) is 47.2 Å². The molecule has 0 unspecified atom stereocenters. The van der Waals surface area contributed by atoms with Crippen LogP contribution in [-0.4, -0.2) is 10.2 Å². The van der Waals surface area contributed by atoms with E-state index in [1.807, 2.05) is 0 Å². The lowest BCUT2D eigenvalue weighted by atomic mass is 10.1. The maximum Gasteiger partial charge on any atom is 0.179 e. The van der Waals surface area contributed by atoms with Crippen molar-refractivity contribution in [2.24, 2.45) is 0 Å². The summed E-state index contributed by atoms with van der Waals surface area (Å²) < 4.78 is 5.73. The summed E-state index contributed by atoms with van der Waals surface area (Å²) in [5.74, 6) is 0.159. The van der Waals surface area contributed by atoms with E-state index >= 15 is 0 Å². The second-order valence-electron chi connectivity index (χ2n) is 4.99. The minimum Gasteiger partial charge on any atom is -0.508 e. The maximum absolute atomic E-state index is 11.4. The molecule has 102 valence electrons. The van der Waals surface area contributed by atoms with Crippen LogP contribution in [0.15, 0.2) is 57.7 Å². The van der Waals surface area contributed by atoms with Gasteiger partial charge in [0.2, 0.25) is 0 Å². The predicted octanol–water partition coefficient (Wildman–Crippen LogP) is 3.51. The van der Waals surface area contributed by atoms with Gasteiger partial charge in [-0.2, -0.15) is 0 Å². The highest BCUT2D eigenvalue weighted by molar-refractivity contribution is 6.04. The minimum absolute atomic E-state index is 0.0626. The summed E-state index contributed by atoms with van der Waals surface area (Å²) in [7, 11) is 0. The van der Waals surface area contributed by atoms with Gasteiger partial charge in [0.05, 0.1) is 10.8 Å². The van der Waals surface area contributed by atoms with E-state index in [4.69, 9.17) is 4.42 Å². The van der Waals surface area contributed by atoms with Crippen molar-refractivity contribution in [1.82, 2.24) is 0 Å². The summed E-state index contributed by atoms with van der Waals surface area (Å²) in [4.78, 5) is 11.4. The fourth-order valence-corrected chi connectivity index (χ4v) is 2.58. The van der Waals surface area contributed by atoms with Crippen molar-refractivity contribution in [3.05, 3.63) is 58.8 Å². The molecule has 4 heteroatoms. The zero-order valence-electron chi connectivity index (χ0n) is 10.8. The number of fused-ring (bicyclic) bond motifs is 3. The van der Waals surface area contributed by atoms with E-state index in [1.54, 1.807) is 24.3 Å². The van der Waals surface area contributed by atoms with Gasteiger partial charge in [0.1, 0.15) is 22.7 Å². The Morgan fingerprint density at radius 3 is 2.43 bits per heavy atom. The molecule has 0 atom stereocenters. The summed E-state index contributed by atoms with van der Waals surface area (Å²) in [6, 6.07) is 12.8. The van der Waals surface area contributed by atoms with Crippen LogP contribution in [0.1, 0.15) is 0 Å². The zero-order chi connectivity index (χ0) is 14.6. The highest BCUT2D eigenvalue weighted by atomic mass is 16.3. The van der Waals surface area contributed by atoms with Crippen molar-refractivity contribution in [2.45, 2.75) is 0 Å². The summed E-state index contributed by atoms with van der Waals surface area (Å²) in [5.41, 5.74) is 0.769. The quantitative estimate of drug-likeness (QED) is 0.483. The Kier molecular flexibility index (Phi) is 2.24. The summed E-state index contributed by atoms with van der Waals surface area (Å²) in [5, 5.41) is 22.6. The molecule has 4 nitrogen and oxygen atoms in total. The SMILES string of the molecule is O=c1ccc2cc3c(O)c4ccc(O)cc4oc3cc2c1. The maximum atomic E-state index is 11.4. The van der Waals surface area contributed by atoms with Crippen LogP contribution in [-0.2, 0) is 0 Å². The first-order valence-electron chi connectivity index (χ1n) is 6.44. The molecule has 0 amide bonds. The highest BCUT2D eigenvalue weighted by Gasteiger charge is 2.11. The Hall–Kier alpha value is -3.01. The zero-order valence-corrected chi connectivity index (χ0v) is 10.8. The molecule has 3 aromatic carbocycles. The van der Waals surface area contributed by atoms with Gasteiger partial charge in [-0.3, -0.25) is 4.79 Å². The monoisotopic (exact) mass is 278 g/mol. The van der Waals surface area contributed by atoms with E-state index in [0.29, 0.717) is 21.9 Å². The van der Waals surface area contributed by atoms with Gasteiger partial charge in [-0.15, -0.1) is 0 Å². The Morgan fingerprint density at radius 1 is 0.762 bits per heavy atom. The molecule has 4 aromatic rings. The third-order valence-corrected chi connectivity index (χ3v) is 3.61. The average Bonchev–Trinajstić information content (AvgIpc) is 2.45. The molecular weight excluding hydrogens is 268 g/mol. The van der Waals surface area contributed by atoms with E-state index in [-0.39, 0.29) is 16.9 Å². The molecule has 2 N–H and O–H groups in total. The molecule has 0 saturated carbocycles. The van der Waals surface area contributed by atoms with Crippen LogP contribution in [0.4, 0.5) is 0 Å². The van der Waals surface area contributed by atoms with Crippen molar-refractivity contribution in [3.63, 3.8) is 0 Å². The second kappa shape index (κ2) is 3.99. The Balaban J connectivity index is 2.22. The lowest BCUT2D eigenvalue weighted by Crippen LogP contribution is -1.94. The van der Waals surface area contributed by atoms with Gasteiger partial charge < -0.3 is 14.6 Å². The number of aromatic hydroxyl groups is 2. The highest BCUT2D eigenvalue weighted by Crippen LogP contribution is 2.36. The molecule has 0 radical (unpaired) electrons. The van der Waals surface area contributed by atoms with E-state index in [9.17, 15) is 15.0 Å². The molecule has 0 fully saturated rings. The van der Waals surface area contributed by atoms with Gasteiger partial charge in [0.25, 0.3) is 0 Å².